The summed E-state index contributed by atoms with van der Waals surface area (Å²) in [6.45, 7) is 2.92. The first-order valence-electron chi connectivity index (χ1n) is 6.75. The zero-order valence-corrected chi connectivity index (χ0v) is 11.7. The highest BCUT2D eigenvalue weighted by Gasteiger charge is 2.21. The summed E-state index contributed by atoms with van der Waals surface area (Å²) in [7, 11) is 0. The highest BCUT2D eigenvalue weighted by atomic mass is 32.1. The highest BCUT2D eigenvalue weighted by Crippen LogP contribution is 2.33. The van der Waals surface area contributed by atoms with Gasteiger partial charge in [-0.05, 0) is 43.2 Å². The van der Waals surface area contributed by atoms with Crippen molar-refractivity contribution < 1.29 is 9.90 Å². The Labute approximate surface area is 112 Å². The van der Waals surface area contributed by atoms with Crippen LogP contribution in [0.4, 0.5) is 0 Å². The van der Waals surface area contributed by atoms with Gasteiger partial charge < -0.3 is 10.4 Å². The van der Waals surface area contributed by atoms with E-state index in [9.17, 15) is 4.79 Å². The maximum atomic E-state index is 11.9. The third kappa shape index (κ3) is 3.12. The Bertz CT molecular complexity index is 414. The number of fused-ring (bicyclic) bond motifs is 1. The van der Waals surface area contributed by atoms with Crippen LogP contribution >= 0.6 is 11.3 Å². The molecule has 0 bridgehead atoms. The van der Waals surface area contributed by atoms with Gasteiger partial charge in [0.15, 0.2) is 0 Å². The molecule has 0 fully saturated rings. The smallest absolute Gasteiger partial charge is 0.261 e. The van der Waals surface area contributed by atoms with Crippen LogP contribution in [0, 0.1) is 5.92 Å². The summed E-state index contributed by atoms with van der Waals surface area (Å²) >= 11 is 1.64. The normalized spacial score (nSPS) is 18.4. The molecule has 1 aromatic rings. The third-order valence-corrected chi connectivity index (χ3v) is 4.84. The van der Waals surface area contributed by atoms with Crippen LogP contribution < -0.4 is 5.32 Å². The number of aliphatic hydroxyl groups is 1. The first-order chi connectivity index (χ1) is 8.74. The van der Waals surface area contributed by atoms with Gasteiger partial charge in [-0.3, -0.25) is 4.79 Å². The fourth-order valence-corrected chi connectivity index (χ4v) is 3.55. The van der Waals surface area contributed by atoms with Crippen LogP contribution in [-0.2, 0) is 12.8 Å². The van der Waals surface area contributed by atoms with Crippen LogP contribution in [0.5, 0.6) is 0 Å². The Morgan fingerprint density at radius 1 is 1.61 bits per heavy atom. The topological polar surface area (TPSA) is 49.3 Å². The molecule has 4 heteroatoms. The number of amides is 1. The molecule has 1 aromatic heterocycles. The summed E-state index contributed by atoms with van der Waals surface area (Å²) in [5.41, 5.74) is 1.38. The molecule has 2 rings (SSSR count). The average molecular weight is 267 g/mol. The minimum atomic E-state index is 0.0101. The van der Waals surface area contributed by atoms with Crippen molar-refractivity contribution in [1.82, 2.24) is 5.32 Å². The second kappa shape index (κ2) is 6.34. The van der Waals surface area contributed by atoms with Crippen LogP contribution in [0.3, 0.4) is 0 Å². The fraction of sp³-hybridized carbons (Fsp3) is 0.643. The molecule has 1 aliphatic rings. The van der Waals surface area contributed by atoms with E-state index in [1.165, 1.54) is 23.3 Å². The van der Waals surface area contributed by atoms with E-state index in [2.05, 4.69) is 18.3 Å². The molecular weight excluding hydrogens is 246 g/mol. The van der Waals surface area contributed by atoms with Gasteiger partial charge in [0.1, 0.15) is 0 Å². The Morgan fingerprint density at radius 3 is 3.17 bits per heavy atom. The van der Waals surface area contributed by atoms with Crippen molar-refractivity contribution in [2.75, 3.05) is 13.2 Å². The summed E-state index contributed by atoms with van der Waals surface area (Å²) in [5.74, 6) is 0.799. The Kier molecular flexibility index (Phi) is 4.78. The SMILES string of the molecule is CCC1CCc2sc(C(=O)NCCCO)cc2C1. The van der Waals surface area contributed by atoms with E-state index in [1.807, 2.05) is 0 Å². The first kappa shape index (κ1) is 13.6. The lowest BCUT2D eigenvalue weighted by atomic mass is 9.87. The molecule has 1 atom stereocenters. The van der Waals surface area contributed by atoms with E-state index < -0.39 is 0 Å². The van der Waals surface area contributed by atoms with Crippen LogP contribution in [0.2, 0.25) is 0 Å². The Balaban J connectivity index is 1.99. The number of hydrogen-bond donors (Lipinski definition) is 2. The van der Waals surface area contributed by atoms with E-state index >= 15 is 0 Å². The third-order valence-electron chi connectivity index (χ3n) is 3.61. The van der Waals surface area contributed by atoms with Gasteiger partial charge in [0.05, 0.1) is 4.88 Å². The van der Waals surface area contributed by atoms with Gasteiger partial charge in [0.2, 0.25) is 0 Å². The van der Waals surface area contributed by atoms with Gasteiger partial charge in [-0.2, -0.15) is 0 Å². The van der Waals surface area contributed by atoms with Crippen molar-refractivity contribution in [3.05, 3.63) is 21.4 Å². The minimum absolute atomic E-state index is 0.0101. The second-order valence-corrected chi connectivity index (χ2v) is 6.05. The number of aryl methyl sites for hydroxylation is 1. The van der Waals surface area contributed by atoms with Crippen molar-refractivity contribution in [3.8, 4) is 0 Å². The van der Waals surface area contributed by atoms with Gasteiger partial charge in [-0.25, -0.2) is 0 Å². The Hall–Kier alpha value is -0.870. The van der Waals surface area contributed by atoms with E-state index in [0.29, 0.717) is 13.0 Å². The zero-order valence-electron chi connectivity index (χ0n) is 10.9. The molecule has 18 heavy (non-hydrogen) atoms. The number of rotatable bonds is 5. The minimum Gasteiger partial charge on any atom is -0.396 e. The van der Waals surface area contributed by atoms with Crippen LogP contribution in [0.1, 0.15) is 46.3 Å². The number of aliphatic hydroxyl groups excluding tert-OH is 1. The molecule has 1 aliphatic carbocycles. The molecule has 1 amide bonds. The summed E-state index contributed by atoms with van der Waals surface area (Å²) in [6.07, 6.45) is 5.37. The molecule has 0 radical (unpaired) electrons. The molecule has 2 N–H and O–H groups in total. The summed E-state index contributed by atoms with van der Waals surface area (Å²) in [6, 6.07) is 2.07. The standard InChI is InChI=1S/C14H21NO2S/c1-2-10-4-5-12-11(8-10)9-13(18-12)14(17)15-6-3-7-16/h9-10,16H,2-8H2,1H3,(H,15,17). The summed E-state index contributed by atoms with van der Waals surface area (Å²) in [4.78, 5) is 14.1. The summed E-state index contributed by atoms with van der Waals surface area (Å²) in [5, 5.41) is 11.5. The number of thiophene rings is 1. The van der Waals surface area contributed by atoms with Crippen molar-refractivity contribution in [2.24, 2.45) is 5.92 Å². The molecule has 0 aromatic carbocycles. The van der Waals surface area contributed by atoms with Crippen LogP contribution in [-0.4, -0.2) is 24.2 Å². The van der Waals surface area contributed by atoms with Crippen molar-refractivity contribution >= 4 is 17.2 Å². The van der Waals surface area contributed by atoms with Gasteiger partial charge in [-0.15, -0.1) is 11.3 Å². The molecule has 0 spiro atoms. The lowest BCUT2D eigenvalue weighted by molar-refractivity contribution is 0.0955. The van der Waals surface area contributed by atoms with E-state index in [1.54, 1.807) is 11.3 Å². The number of carbonyl (C=O) groups is 1. The van der Waals surface area contributed by atoms with Crippen molar-refractivity contribution in [2.45, 2.75) is 39.0 Å². The lowest BCUT2D eigenvalue weighted by Gasteiger charge is -2.19. The molecule has 0 saturated heterocycles. The Morgan fingerprint density at radius 2 is 2.44 bits per heavy atom. The predicted octanol–water partition coefficient (Wildman–Crippen LogP) is 2.38. The average Bonchev–Trinajstić information content (AvgIpc) is 2.81. The first-order valence-corrected chi connectivity index (χ1v) is 7.56. The number of hydrogen-bond acceptors (Lipinski definition) is 3. The second-order valence-electron chi connectivity index (χ2n) is 4.91. The van der Waals surface area contributed by atoms with Gasteiger partial charge in [0, 0.05) is 18.0 Å². The van der Waals surface area contributed by atoms with E-state index in [0.717, 1.165) is 23.6 Å². The van der Waals surface area contributed by atoms with Crippen molar-refractivity contribution in [1.29, 1.82) is 0 Å². The van der Waals surface area contributed by atoms with E-state index in [4.69, 9.17) is 5.11 Å². The zero-order chi connectivity index (χ0) is 13.0. The quantitative estimate of drug-likeness (QED) is 0.805. The number of carbonyl (C=O) groups excluding carboxylic acids is 1. The maximum absolute atomic E-state index is 11.9. The molecular formula is C14H21NO2S. The largest absolute Gasteiger partial charge is 0.396 e. The monoisotopic (exact) mass is 267 g/mol. The maximum Gasteiger partial charge on any atom is 0.261 e. The predicted molar refractivity (Wildman–Crippen MR) is 74.2 cm³/mol. The fourth-order valence-electron chi connectivity index (χ4n) is 2.43. The molecule has 0 aliphatic heterocycles. The van der Waals surface area contributed by atoms with Gasteiger partial charge >= 0.3 is 0 Å². The molecule has 3 nitrogen and oxygen atoms in total. The van der Waals surface area contributed by atoms with Crippen LogP contribution in [0.25, 0.3) is 0 Å². The molecule has 1 unspecified atom stereocenters. The highest BCUT2D eigenvalue weighted by molar-refractivity contribution is 7.14. The lowest BCUT2D eigenvalue weighted by Crippen LogP contribution is -2.24. The van der Waals surface area contributed by atoms with Gasteiger partial charge in [0.25, 0.3) is 5.91 Å². The van der Waals surface area contributed by atoms with Gasteiger partial charge in [-0.1, -0.05) is 13.3 Å². The van der Waals surface area contributed by atoms with E-state index in [-0.39, 0.29) is 12.5 Å². The molecule has 1 heterocycles. The molecule has 0 saturated carbocycles. The summed E-state index contributed by atoms with van der Waals surface area (Å²) < 4.78 is 0. The van der Waals surface area contributed by atoms with Crippen molar-refractivity contribution in [3.63, 3.8) is 0 Å². The van der Waals surface area contributed by atoms with Crippen LogP contribution in [0.15, 0.2) is 6.07 Å². The number of nitrogens with one attached hydrogen (secondary N) is 1. The molecule has 100 valence electrons.